The van der Waals surface area contributed by atoms with Crippen molar-refractivity contribution in [2.75, 3.05) is 18.6 Å². The zero-order valence-electron chi connectivity index (χ0n) is 11.4. The molecule has 0 saturated carbocycles. The smallest absolute Gasteiger partial charge is 0.293 e. The number of halogens is 1. The molecule has 0 bridgehead atoms. The molecule has 2 aromatic heterocycles. The Morgan fingerprint density at radius 3 is 3.00 bits per heavy atom. The van der Waals surface area contributed by atoms with Crippen LogP contribution >= 0.6 is 11.6 Å². The maximum Gasteiger partial charge on any atom is 0.293 e. The Morgan fingerprint density at radius 2 is 2.29 bits per heavy atom. The summed E-state index contributed by atoms with van der Waals surface area (Å²) in [5.41, 5.74) is -0.289. The topological polar surface area (TPSA) is 84.0 Å². The first-order valence-corrected chi connectivity index (χ1v) is 6.94. The number of anilines is 1. The fourth-order valence-corrected chi connectivity index (χ4v) is 2.75. The lowest BCUT2D eigenvalue weighted by molar-refractivity contribution is 0.404. The van der Waals surface area contributed by atoms with E-state index < -0.39 is 0 Å². The number of H-pyrrole nitrogens is 1. The Kier molecular flexibility index (Phi) is 3.74. The molecule has 1 atom stereocenters. The quantitative estimate of drug-likeness (QED) is 0.926. The van der Waals surface area contributed by atoms with Crippen molar-refractivity contribution in [3.8, 4) is 5.75 Å². The fourth-order valence-electron chi connectivity index (χ4n) is 2.53. The molecule has 0 spiro atoms. The molecule has 0 radical (unpaired) electrons. The number of aromatic nitrogens is 4. The van der Waals surface area contributed by atoms with E-state index in [0.29, 0.717) is 16.7 Å². The summed E-state index contributed by atoms with van der Waals surface area (Å²) in [5, 5.41) is 0.486. The van der Waals surface area contributed by atoms with Crippen LogP contribution in [0.2, 0.25) is 5.02 Å². The highest BCUT2D eigenvalue weighted by molar-refractivity contribution is 6.32. The van der Waals surface area contributed by atoms with Crippen LogP contribution in [0.1, 0.15) is 24.7 Å². The van der Waals surface area contributed by atoms with E-state index in [1.54, 1.807) is 6.20 Å². The van der Waals surface area contributed by atoms with Crippen molar-refractivity contribution in [2.24, 2.45) is 0 Å². The van der Waals surface area contributed by atoms with Crippen molar-refractivity contribution in [2.45, 2.75) is 18.9 Å². The van der Waals surface area contributed by atoms with E-state index in [0.717, 1.165) is 19.4 Å². The van der Waals surface area contributed by atoms with E-state index in [1.807, 2.05) is 4.90 Å². The molecule has 3 heterocycles. The minimum Gasteiger partial charge on any atom is -0.490 e. The van der Waals surface area contributed by atoms with Gasteiger partial charge in [-0.25, -0.2) is 15.0 Å². The molecule has 3 rings (SSSR count). The predicted octanol–water partition coefficient (Wildman–Crippen LogP) is 1.56. The van der Waals surface area contributed by atoms with Crippen molar-refractivity contribution in [3.63, 3.8) is 0 Å². The summed E-state index contributed by atoms with van der Waals surface area (Å²) in [6.07, 6.45) is 6.30. The van der Waals surface area contributed by atoms with Crippen LogP contribution in [0.15, 0.2) is 23.5 Å². The fraction of sp³-hybridized carbons (Fsp3) is 0.385. The first-order chi connectivity index (χ1) is 10.2. The van der Waals surface area contributed by atoms with Gasteiger partial charge in [0, 0.05) is 6.54 Å². The highest BCUT2D eigenvalue weighted by atomic mass is 35.5. The van der Waals surface area contributed by atoms with Crippen LogP contribution < -0.4 is 15.2 Å². The number of aromatic amines is 1. The number of methoxy groups -OCH3 is 1. The van der Waals surface area contributed by atoms with E-state index in [1.165, 1.54) is 19.6 Å². The molecular weight excluding hydrogens is 294 g/mol. The Labute approximate surface area is 126 Å². The largest absolute Gasteiger partial charge is 0.490 e. The normalized spacial score (nSPS) is 18.0. The van der Waals surface area contributed by atoms with Crippen molar-refractivity contribution >= 4 is 17.4 Å². The summed E-state index contributed by atoms with van der Waals surface area (Å²) in [6.45, 7) is 0.803. The van der Waals surface area contributed by atoms with Gasteiger partial charge in [-0.05, 0) is 12.8 Å². The Balaban J connectivity index is 1.96. The van der Waals surface area contributed by atoms with Gasteiger partial charge in [-0.2, -0.15) is 0 Å². The highest BCUT2D eigenvalue weighted by Gasteiger charge is 2.30. The average molecular weight is 308 g/mol. The summed E-state index contributed by atoms with van der Waals surface area (Å²) in [7, 11) is 1.44. The van der Waals surface area contributed by atoms with E-state index in [4.69, 9.17) is 16.3 Å². The van der Waals surface area contributed by atoms with Gasteiger partial charge < -0.3 is 14.6 Å². The van der Waals surface area contributed by atoms with Crippen LogP contribution in [0.3, 0.4) is 0 Å². The second-order valence-corrected chi connectivity index (χ2v) is 5.12. The lowest BCUT2D eigenvalue weighted by atomic mass is 10.2. The Morgan fingerprint density at radius 1 is 1.43 bits per heavy atom. The van der Waals surface area contributed by atoms with Gasteiger partial charge >= 0.3 is 0 Å². The maximum absolute atomic E-state index is 11.8. The summed E-state index contributed by atoms with van der Waals surface area (Å²) in [4.78, 5) is 29.1. The molecule has 1 unspecified atom stereocenters. The molecule has 1 N–H and O–H groups in total. The van der Waals surface area contributed by atoms with Gasteiger partial charge in [-0.15, -0.1) is 0 Å². The summed E-state index contributed by atoms with van der Waals surface area (Å²) in [6, 6.07) is -0.0593. The van der Waals surface area contributed by atoms with Gasteiger partial charge in [0.25, 0.3) is 5.56 Å². The SMILES string of the molecule is COc1cnc(C2CCCN2c2ncncc2Cl)[nH]c1=O. The first kappa shape index (κ1) is 13.8. The van der Waals surface area contributed by atoms with Crippen LogP contribution in [0, 0.1) is 0 Å². The molecule has 21 heavy (non-hydrogen) atoms. The molecule has 1 saturated heterocycles. The van der Waals surface area contributed by atoms with Crippen LogP contribution in [-0.4, -0.2) is 33.6 Å². The van der Waals surface area contributed by atoms with E-state index >= 15 is 0 Å². The molecule has 0 amide bonds. The third kappa shape index (κ3) is 2.56. The van der Waals surface area contributed by atoms with Gasteiger partial charge in [-0.3, -0.25) is 4.79 Å². The standard InChI is InChI=1S/C13H14ClN5O2/c1-21-10-6-16-11(18-13(10)20)9-3-2-4-19(9)12-8(14)5-15-7-17-12/h5-7,9H,2-4H2,1H3,(H,16,18,20). The summed E-state index contributed by atoms with van der Waals surface area (Å²) in [5.74, 6) is 1.45. The first-order valence-electron chi connectivity index (χ1n) is 6.56. The number of hydrogen-bond donors (Lipinski definition) is 1. The molecule has 1 fully saturated rings. The number of ether oxygens (including phenoxy) is 1. The molecule has 2 aromatic rings. The molecule has 8 heteroatoms. The van der Waals surface area contributed by atoms with Crippen LogP contribution in [0.25, 0.3) is 0 Å². The van der Waals surface area contributed by atoms with Crippen molar-refractivity contribution in [1.82, 2.24) is 19.9 Å². The minimum atomic E-state index is -0.289. The van der Waals surface area contributed by atoms with Gasteiger partial charge in [0.05, 0.1) is 25.5 Å². The molecule has 7 nitrogen and oxygen atoms in total. The number of nitrogens with one attached hydrogen (secondary N) is 1. The third-order valence-corrected chi connectivity index (χ3v) is 3.76. The van der Waals surface area contributed by atoms with E-state index in [9.17, 15) is 4.79 Å². The van der Waals surface area contributed by atoms with Crippen molar-refractivity contribution < 1.29 is 4.74 Å². The third-order valence-electron chi connectivity index (χ3n) is 3.49. The van der Waals surface area contributed by atoms with Gasteiger partial charge in [0.2, 0.25) is 5.75 Å². The van der Waals surface area contributed by atoms with Crippen LogP contribution in [0.4, 0.5) is 5.82 Å². The molecule has 0 aliphatic carbocycles. The molecule has 110 valence electrons. The van der Waals surface area contributed by atoms with Crippen LogP contribution in [-0.2, 0) is 0 Å². The number of nitrogens with zero attached hydrogens (tertiary/aromatic N) is 4. The van der Waals surface area contributed by atoms with Gasteiger partial charge in [0.1, 0.15) is 17.2 Å². The summed E-state index contributed by atoms with van der Waals surface area (Å²) >= 11 is 6.16. The molecule has 1 aliphatic rings. The second kappa shape index (κ2) is 5.69. The monoisotopic (exact) mass is 307 g/mol. The Hall–Kier alpha value is -2.15. The molecular formula is C13H14ClN5O2. The van der Waals surface area contributed by atoms with E-state index in [2.05, 4.69) is 19.9 Å². The molecule has 1 aliphatic heterocycles. The van der Waals surface area contributed by atoms with Gasteiger partial charge in [0.15, 0.2) is 5.82 Å². The lowest BCUT2D eigenvalue weighted by Crippen LogP contribution is -2.27. The maximum atomic E-state index is 11.8. The average Bonchev–Trinajstić information content (AvgIpc) is 2.97. The number of hydrogen-bond acceptors (Lipinski definition) is 6. The van der Waals surface area contributed by atoms with Crippen molar-refractivity contribution in [3.05, 3.63) is 39.9 Å². The van der Waals surface area contributed by atoms with Crippen LogP contribution in [0.5, 0.6) is 5.75 Å². The summed E-state index contributed by atoms with van der Waals surface area (Å²) < 4.78 is 4.93. The van der Waals surface area contributed by atoms with E-state index in [-0.39, 0.29) is 17.4 Å². The predicted molar refractivity (Wildman–Crippen MR) is 77.8 cm³/mol. The van der Waals surface area contributed by atoms with Gasteiger partial charge in [-0.1, -0.05) is 11.6 Å². The highest BCUT2D eigenvalue weighted by Crippen LogP contribution is 2.36. The zero-order valence-corrected chi connectivity index (χ0v) is 12.2. The second-order valence-electron chi connectivity index (χ2n) is 4.71. The number of rotatable bonds is 3. The molecule has 0 aromatic carbocycles. The van der Waals surface area contributed by atoms with Crippen molar-refractivity contribution in [1.29, 1.82) is 0 Å². The zero-order chi connectivity index (χ0) is 14.8. The lowest BCUT2D eigenvalue weighted by Gasteiger charge is -2.25. The minimum absolute atomic E-state index is 0.0593. The Bertz CT molecular complexity index is 705.